The first kappa shape index (κ1) is 13.8. The Morgan fingerprint density at radius 2 is 1.86 bits per heavy atom. The molecule has 1 N–H and O–H groups in total. The molecule has 3 rings (SSSR count). The summed E-state index contributed by atoms with van der Waals surface area (Å²) in [5.41, 5.74) is 1.56. The fourth-order valence-corrected chi connectivity index (χ4v) is 3.12. The van der Waals surface area contributed by atoms with Crippen LogP contribution < -0.4 is 5.32 Å². The van der Waals surface area contributed by atoms with E-state index < -0.39 is 0 Å². The van der Waals surface area contributed by atoms with E-state index in [9.17, 15) is 4.79 Å². The normalized spacial score (nSPS) is 22.8. The molecule has 1 amide bonds. The second-order valence-corrected chi connectivity index (χ2v) is 6.35. The van der Waals surface area contributed by atoms with Crippen molar-refractivity contribution in [3.05, 3.63) is 48.3 Å². The maximum Gasteiger partial charge on any atom is 0.243 e. The summed E-state index contributed by atoms with van der Waals surface area (Å²) >= 11 is 0. The van der Waals surface area contributed by atoms with Crippen LogP contribution in [0.2, 0.25) is 0 Å². The van der Waals surface area contributed by atoms with Crippen LogP contribution in [0.1, 0.15) is 25.8 Å². The molecule has 2 aromatic rings. The van der Waals surface area contributed by atoms with Gasteiger partial charge < -0.3 is 5.32 Å². The van der Waals surface area contributed by atoms with E-state index in [-0.39, 0.29) is 23.3 Å². The third kappa shape index (κ3) is 2.55. The third-order valence-corrected chi connectivity index (χ3v) is 4.58. The van der Waals surface area contributed by atoms with E-state index >= 15 is 0 Å². The van der Waals surface area contributed by atoms with Crippen LogP contribution in [0.4, 0.5) is 0 Å². The molecule has 21 heavy (non-hydrogen) atoms. The van der Waals surface area contributed by atoms with Gasteiger partial charge in [-0.15, -0.1) is 0 Å². The van der Waals surface area contributed by atoms with Gasteiger partial charge in [0.05, 0.1) is 12.4 Å². The fourth-order valence-electron chi connectivity index (χ4n) is 3.12. The standard InChI is InChI=1S/C16H20N4O/c1-15(2)11-16(15,13-6-4-3-5-7-13)12-17-14(21)10-20-18-8-9-19-20/h3-9H,10-12H2,1-2H3,(H,17,21). The number of carbonyl (C=O) groups is 1. The maximum atomic E-state index is 12.0. The number of hydrogen-bond acceptors (Lipinski definition) is 3. The monoisotopic (exact) mass is 284 g/mol. The van der Waals surface area contributed by atoms with Crippen LogP contribution in [0.5, 0.6) is 0 Å². The number of nitrogens with zero attached hydrogens (tertiary/aromatic N) is 3. The van der Waals surface area contributed by atoms with Crippen LogP contribution >= 0.6 is 0 Å². The summed E-state index contributed by atoms with van der Waals surface area (Å²) in [5.74, 6) is -0.0517. The van der Waals surface area contributed by atoms with Crippen molar-refractivity contribution < 1.29 is 4.79 Å². The van der Waals surface area contributed by atoms with Crippen molar-refractivity contribution in [2.24, 2.45) is 5.41 Å². The van der Waals surface area contributed by atoms with Crippen LogP contribution in [0.15, 0.2) is 42.7 Å². The Bertz CT molecular complexity index is 621. The van der Waals surface area contributed by atoms with Crippen molar-refractivity contribution in [1.82, 2.24) is 20.3 Å². The highest BCUT2D eigenvalue weighted by Crippen LogP contribution is 2.63. The summed E-state index contributed by atoms with van der Waals surface area (Å²) in [4.78, 5) is 13.4. The zero-order valence-corrected chi connectivity index (χ0v) is 12.4. The SMILES string of the molecule is CC1(C)CC1(CNC(=O)Cn1nccn1)c1ccccc1. The molecule has 1 atom stereocenters. The number of aromatic nitrogens is 3. The van der Waals surface area contributed by atoms with E-state index in [0.29, 0.717) is 6.54 Å². The van der Waals surface area contributed by atoms with Crippen molar-refractivity contribution >= 4 is 5.91 Å². The fraction of sp³-hybridized carbons (Fsp3) is 0.438. The minimum Gasteiger partial charge on any atom is -0.354 e. The molecule has 1 aliphatic carbocycles. The van der Waals surface area contributed by atoms with E-state index in [1.54, 1.807) is 12.4 Å². The second kappa shape index (κ2) is 4.98. The first-order valence-corrected chi connectivity index (χ1v) is 7.20. The maximum absolute atomic E-state index is 12.0. The van der Waals surface area contributed by atoms with Crippen LogP contribution in [0, 0.1) is 5.41 Å². The van der Waals surface area contributed by atoms with Gasteiger partial charge in [0.2, 0.25) is 5.91 Å². The van der Waals surface area contributed by atoms with Crippen LogP contribution in [-0.2, 0) is 16.8 Å². The van der Waals surface area contributed by atoms with Gasteiger partial charge >= 0.3 is 0 Å². The summed E-state index contributed by atoms with van der Waals surface area (Å²) < 4.78 is 0. The molecule has 1 saturated carbocycles. The topological polar surface area (TPSA) is 59.8 Å². The highest BCUT2D eigenvalue weighted by atomic mass is 16.2. The molecule has 0 saturated heterocycles. The Labute approximate surface area is 124 Å². The lowest BCUT2D eigenvalue weighted by Crippen LogP contribution is -2.36. The molecule has 1 heterocycles. The zero-order valence-electron chi connectivity index (χ0n) is 12.4. The largest absolute Gasteiger partial charge is 0.354 e. The average Bonchev–Trinajstić information content (AvgIpc) is 2.81. The molecule has 5 heteroatoms. The molecule has 1 aromatic carbocycles. The van der Waals surface area contributed by atoms with Gasteiger partial charge in [-0.25, -0.2) is 0 Å². The summed E-state index contributed by atoms with van der Waals surface area (Å²) in [6.45, 7) is 5.32. The van der Waals surface area contributed by atoms with E-state index in [2.05, 4.69) is 53.6 Å². The molecule has 0 spiro atoms. The number of amides is 1. The molecule has 5 nitrogen and oxygen atoms in total. The Morgan fingerprint density at radius 1 is 1.24 bits per heavy atom. The molecule has 1 fully saturated rings. The quantitative estimate of drug-likeness (QED) is 0.910. The summed E-state index contributed by atoms with van der Waals surface area (Å²) in [7, 11) is 0. The van der Waals surface area contributed by atoms with Crippen LogP contribution in [0.25, 0.3) is 0 Å². The predicted molar refractivity (Wildman–Crippen MR) is 79.5 cm³/mol. The number of benzene rings is 1. The van der Waals surface area contributed by atoms with Crippen LogP contribution in [0.3, 0.4) is 0 Å². The van der Waals surface area contributed by atoms with Crippen molar-refractivity contribution in [3.8, 4) is 0 Å². The lowest BCUT2D eigenvalue weighted by Gasteiger charge is -2.21. The van der Waals surface area contributed by atoms with Crippen molar-refractivity contribution in [1.29, 1.82) is 0 Å². The van der Waals surface area contributed by atoms with E-state index in [0.717, 1.165) is 6.42 Å². The number of nitrogens with one attached hydrogen (secondary N) is 1. The molecule has 1 unspecified atom stereocenters. The van der Waals surface area contributed by atoms with Gasteiger partial charge in [0.15, 0.2) is 0 Å². The molecule has 110 valence electrons. The van der Waals surface area contributed by atoms with E-state index in [1.807, 2.05) is 6.07 Å². The van der Waals surface area contributed by atoms with Gasteiger partial charge in [-0.3, -0.25) is 4.79 Å². The predicted octanol–water partition coefficient (Wildman–Crippen LogP) is 1.76. The highest BCUT2D eigenvalue weighted by Gasteiger charge is 2.61. The van der Waals surface area contributed by atoms with Crippen molar-refractivity contribution in [2.75, 3.05) is 6.54 Å². The van der Waals surface area contributed by atoms with Crippen LogP contribution in [-0.4, -0.2) is 27.4 Å². The lowest BCUT2D eigenvalue weighted by atomic mass is 9.88. The molecular weight excluding hydrogens is 264 g/mol. The Hall–Kier alpha value is -2.17. The first-order chi connectivity index (χ1) is 10.0. The highest BCUT2D eigenvalue weighted by molar-refractivity contribution is 5.75. The molecular formula is C16H20N4O. The van der Waals surface area contributed by atoms with Gasteiger partial charge in [0, 0.05) is 12.0 Å². The van der Waals surface area contributed by atoms with Gasteiger partial charge in [-0.05, 0) is 17.4 Å². The Kier molecular flexibility index (Phi) is 3.27. The zero-order chi connectivity index (χ0) is 14.9. The second-order valence-electron chi connectivity index (χ2n) is 6.35. The molecule has 1 aromatic heterocycles. The van der Waals surface area contributed by atoms with Gasteiger partial charge in [0.1, 0.15) is 6.54 Å². The molecule has 1 aliphatic rings. The minimum absolute atomic E-state index is 0.0431. The smallest absolute Gasteiger partial charge is 0.243 e. The Balaban J connectivity index is 1.66. The summed E-state index contributed by atoms with van der Waals surface area (Å²) in [6, 6.07) is 10.4. The molecule has 0 radical (unpaired) electrons. The van der Waals surface area contributed by atoms with E-state index in [4.69, 9.17) is 0 Å². The minimum atomic E-state index is -0.0517. The third-order valence-electron chi connectivity index (χ3n) is 4.58. The average molecular weight is 284 g/mol. The first-order valence-electron chi connectivity index (χ1n) is 7.20. The van der Waals surface area contributed by atoms with Gasteiger partial charge in [-0.1, -0.05) is 44.2 Å². The number of rotatable bonds is 5. The summed E-state index contributed by atoms with van der Waals surface area (Å²) in [6.07, 6.45) is 4.23. The van der Waals surface area contributed by atoms with Gasteiger partial charge in [0.25, 0.3) is 0 Å². The Morgan fingerprint density at radius 3 is 2.43 bits per heavy atom. The van der Waals surface area contributed by atoms with E-state index in [1.165, 1.54) is 10.4 Å². The van der Waals surface area contributed by atoms with Crippen molar-refractivity contribution in [3.63, 3.8) is 0 Å². The summed E-state index contributed by atoms with van der Waals surface area (Å²) in [5, 5.41) is 10.9. The van der Waals surface area contributed by atoms with Gasteiger partial charge in [-0.2, -0.15) is 15.0 Å². The number of carbonyl (C=O) groups excluding carboxylic acids is 1. The van der Waals surface area contributed by atoms with Crippen molar-refractivity contribution in [2.45, 2.75) is 32.2 Å². The molecule has 0 aliphatic heterocycles. The lowest BCUT2D eigenvalue weighted by molar-refractivity contribution is -0.122. The number of hydrogen-bond donors (Lipinski definition) is 1. The molecule has 0 bridgehead atoms.